The van der Waals surface area contributed by atoms with Gasteiger partial charge in [0.25, 0.3) is 11.8 Å². The Morgan fingerprint density at radius 2 is 1.60 bits per heavy atom. The molecule has 0 saturated heterocycles. The van der Waals surface area contributed by atoms with Crippen molar-refractivity contribution in [3.8, 4) is 5.75 Å². The first-order valence-corrected chi connectivity index (χ1v) is 7.54. The number of methoxy groups -OCH3 is 1. The molecule has 0 fully saturated rings. The van der Waals surface area contributed by atoms with Crippen LogP contribution in [-0.2, 0) is 9.53 Å². The van der Waals surface area contributed by atoms with E-state index in [1.54, 1.807) is 36.4 Å². The van der Waals surface area contributed by atoms with Crippen molar-refractivity contribution in [2.24, 2.45) is 0 Å². The van der Waals surface area contributed by atoms with Crippen molar-refractivity contribution in [2.45, 2.75) is 0 Å². The van der Waals surface area contributed by atoms with Gasteiger partial charge in [-0.15, -0.1) is 0 Å². The van der Waals surface area contributed by atoms with E-state index in [9.17, 15) is 14.4 Å². The van der Waals surface area contributed by atoms with Crippen molar-refractivity contribution in [3.05, 3.63) is 64.7 Å². The Hall–Kier alpha value is -3.06. The molecule has 0 heterocycles. The van der Waals surface area contributed by atoms with Crippen LogP contribution in [0, 0.1) is 0 Å². The lowest BCUT2D eigenvalue weighted by atomic mass is 10.2. The van der Waals surface area contributed by atoms with Gasteiger partial charge >= 0.3 is 5.97 Å². The number of hydrogen-bond donors (Lipinski definition) is 2. The van der Waals surface area contributed by atoms with Gasteiger partial charge in [0.15, 0.2) is 6.61 Å². The fourth-order valence-electron chi connectivity index (χ4n) is 1.90. The summed E-state index contributed by atoms with van der Waals surface area (Å²) in [5.41, 5.74) is 4.72. The zero-order chi connectivity index (χ0) is 18.2. The number of benzene rings is 2. The number of rotatable bonds is 5. The minimum absolute atomic E-state index is 0.193. The number of carbonyl (C=O) groups excluding carboxylic acids is 3. The molecule has 25 heavy (non-hydrogen) atoms. The molecule has 0 aliphatic heterocycles. The van der Waals surface area contributed by atoms with E-state index in [0.29, 0.717) is 5.75 Å². The second-order valence-corrected chi connectivity index (χ2v) is 5.17. The number of esters is 1. The van der Waals surface area contributed by atoms with Crippen molar-refractivity contribution in [1.29, 1.82) is 0 Å². The molecule has 0 spiro atoms. The van der Waals surface area contributed by atoms with Crippen molar-refractivity contribution in [2.75, 3.05) is 13.7 Å². The van der Waals surface area contributed by atoms with Gasteiger partial charge in [0.1, 0.15) is 11.3 Å². The number of ether oxygens (including phenoxy) is 2. The summed E-state index contributed by atoms with van der Waals surface area (Å²) in [4.78, 5) is 35.5. The fourth-order valence-corrected chi connectivity index (χ4v) is 2.12. The van der Waals surface area contributed by atoms with Crippen molar-refractivity contribution in [3.63, 3.8) is 0 Å². The number of hydrazine groups is 1. The molecule has 0 unspecified atom stereocenters. The summed E-state index contributed by atoms with van der Waals surface area (Å²) in [7, 11) is 1.42. The minimum atomic E-state index is -0.718. The van der Waals surface area contributed by atoms with Gasteiger partial charge in [-0.3, -0.25) is 20.4 Å². The number of hydrogen-bond acceptors (Lipinski definition) is 5. The molecule has 130 valence electrons. The molecule has 0 aliphatic rings. The third kappa shape index (κ3) is 4.95. The van der Waals surface area contributed by atoms with Crippen LogP contribution in [0.25, 0.3) is 0 Å². The molecule has 2 N–H and O–H groups in total. The highest BCUT2D eigenvalue weighted by Gasteiger charge is 2.15. The molecule has 2 rings (SSSR count). The van der Waals surface area contributed by atoms with Gasteiger partial charge in [0, 0.05) is 0 Å². The molecule has 0 atom stereocenters. The maximum absolute atomic E-state index is 11.9. The third-order valence-corrected chi connectivity index (χ3v) is 3.42. The Morgan fingerprint density at radius 3 is 2.28 bits per heavy atom. The van der Waals surface area contributed by atoms with Crippen LogP contribution >= 0.6 is 11.6 Å². The zero-order valence-electron chi connectivity index (χ0n) is 13.2. The number of carbonyl (C=O) groups is 3. The average Bonchev–Trinajstić information content (AvgIpc) is 2.64. The molecule has 0 aliphatic carbocycles. The average molecular weight is 363 g/mol. The number of halogens is 1. The molecule has 0 aromatic heterocycles. The summed E-state index contributed by atoms with van der Waals surface area (Å²) in [6.45, 7) is -0.570. The Kier molecular flexibility index (Phi) is 6.36. The minimum Gasteiger partial charge on any atom is -0.496 e. The predicted octanol–water partition coefficient (Wildman–Crippen LogP) is 1.97. The molecule has 0 bridgehead atoms. The van der Waals surface area contributed by atoms with Crippen LogP contribution in [0.5, 0.6) is 5.75 Å². The Labute approximate surface area is 148 Å². The summed E-state index contributed by atoms with van der Waals surface area (Å²) >= 11 is 5.88. The maximum Gasteiger partial charge on any atom is 0.342 e. The number of nitrogens with one attached hydrogen (secondary N) is 2. The first kappa shape index (κ1) is 18.3. The lowest BCUT2D eigenvalue weighted by Crippen LogP contribution is -2.43. The Morgan fingerprint density at radius 1 is 0.960 bits per heavy atom. The summed E-state index contributed by atoms with van der Waals surface area (Å²) in [5, 5.41) is 0.247. The van der Waals surface area contributed by atoms with E-state index in [1.807, 2.05) is 0 Å². The van der Waals surface area contributed by atoms with Gasteiger partial charge in [-0.25, -0.2) is 4.79 Å². The lowest BCUT2D eigenvalue weighted by Gasteiger charge is -2.10. The normalized spacial score (nSPS) is 9.84. The van der Waals surface area contributed by atoms with Crippen LogP contribution in [-0.4, -0.2) is 31.5 Å². The van der Waals surface area contributed by atoms with Crippen molar-refractivity contribution >= 4 is 29.4 Å². The van der Waals surface area contributed by atoms with Crippen molar-refractivity contribution < 1.29 is 23.9 Å². The molecule has 0 radical (unpaired) electrons. The second-order valence-electron chi connectivity index (χ2n) is 4.76. The Balaban J connectivity index is 1.84. The van der Waals surface area contributed by atoms with E-state index in [4.69, 9.17) is 21.1 Å². The van der Waals surface area contributed by atoms with E-state index >= 15 is 0 Å². The van der Waals surface area contributed by atoms with Gasteiger partial charge in [-0.2, -0.15) is 0 Å². The zero-order valence-corrected chi connectivity index (χ0v) is 14.0. The smallest absolute Gasteiger partial charge is 0.342 e. The fraction of sp³-hybridized carbons (Fsp3) is 0.118. The van der Waals surface area contributed by atoms with Crippen LogP contribution in [0.15, 0.2) is 48.5 Å². The monoisotopic (exact) mass is 362 g/mol. The van der Waals surface area contributed by atoms with Gasteiger partial charge in [0.2, 0.25) is 0 Å². The molecule has 7 nitrogen and oxygen atoms in total. The summed E-state index contributed by atoms with van der Waals surface area (Å²) in [6.07, 6.45) is 0. The summed E-state index contributed by atoms with van der Waals surface area (Å²) in [5.74, 6) is -1.68. The van der Waals surface area contributed by atoms with Crippen LogP contribution in [0.3, 0.4) is 0 Å². The Bertz CT molecular complexity index is 794. The van der Waals surface area contributed by atoms with E-state index < -0.39 is 24.4 Å². The first-order chi connectivity index (χ1) is 12.0. The quantitative estimate of drug-likeness (QED) is 0.626. The van der Waals surface area contributed by atoms with Gasteiger partial charge in [-0.05, 0) is 24.3 Å². The highest BCUT2D eigenvalue weighted by molar-refractivity contribution is 6.33. The molecule has 0 saturated carbocycles. The van der Waals surface area contributed by atoms with E-state index in [-0.39, 0.29) is 16.1 Å². The van der Waals surface area contributed by atoms with Crippen LogP contribution in [0.4, 0.5) is 0 Å². The van der Waals surface area contributed by atoms with Gasteiger partial charge in [-0.1, -0.05) is 35.9 Å². The molecular formula is C17H15ClN2O5. The lowest BCUT2D eigenvalue weighted by molar-refractivity contribution is -0.125. The first-order valence-electron chi connectivity index (χ1n) is 7.16. The summed E-state index contributed by atoms with van der Waals surface area (Å²) in [6, 6.07) is 12.8. The van der Waals surface area contributed by atoms with Gasteiger partial charge in [0.05, 0.1) is 17.7 Å². The standard InChI is InChI=1S/C17H15ClN2O5/c1-24-14-9-5-3-7-12(14)17(23)25-10-15(21)19-20-16(22)11-6-2-4-8-13(11)18/h2-9H,10H2,1H3,(H,19,21)(H,20,22). The molecule has 2 aromatic carbocycles. The van der Waals surface area contributed by atoms with Crippen molar-refractivity contribution in [1.82, 2.24) is 10.9 Å². The third-order valence-electron chi connectivity index (χ3n) is 3.10. The van der Waals surface area contributed by atoms with Crippen LogP contribution in [0.1, 0.15) is 20.7 Å². The van der Waals surface area contributed by atoms with Crippen LogP contribution in [0.2, 0.25) is 5.02 Å². The van der Waals surface area contributed by atoms with Crippen LogP contribution < -0.4 is 15.6 Å². The van der Waals surface area contributed by atoms with E-state index in [0.717, 1.165) is 0 Å². The van der Waals surface area contributed by atoms with Gasteiger partial charge < -0.3 is 9.47 Å². The highest BCUT2D eigenvalue weighted by Crippen LogP contribution is 2.18. The van der Waals surface area contributed by atoms with E-state index in [1.165, 1.54) is 19.2 Å². The topological polar surface area (TPSA) is 93.7 Å². The summed E-state index contributed by atoms with van der Waals surface area (Å²) < 4.78 is 9.93. The number of para-hydroxylation sites is 1. The molecule has 2 aromatic rings. The number of amides is 2. The SMILES string of the molecule is COc1ccccc1C(=O)OCC(=O)NNC(=O)c1ccccc1Cl. The van der Waals surface area contributed by atoms with E-state index in [2.05, 4.69) is 10.9 Å². The maximum atomic E-state index is 11.9. The molecule has 2 amide bonds. The highest BCUT2D eigenvalue weighted by atomic mass is 35.5. The largest absolute Gasteiger partial charge is 0.496 e. The molecule has 8 heteroatoms. The second kappa shape index (κ2) is 8.70. The predicted molar refractivity (Wildman–Crippen MR) is 90.3 cm³/mol. The molecular weight excluding hydrogens is 348 g/mol.